The van der Waals surface area contributed by atoms with Crippen LogP contribution in [0.1, 0.15) is 31.8 Å². The summed E-state index contributed by atoms with van der Waals surface area (Å²) in [6.45, 7) is 3.82. The molecule has 0 aliphatic rings. The van der Waals surface area contributed by atoms with Crippen molar-refractivity contribution in [2.24, 2.45) is 0 Å². The lowest BCUT2D eigenvalue weighted by Crippen LogP contribution is -2.15. The predicted molar refractivity (Wildman–Crippen MR) is 101 cm³/mol. The zero-order chi connectivity index (χ0) is 18.0. The first-order valence-electron chi connectivity index (χ1n) is 7.76. The van der Waals surface area contributed by atoms with E-state index in [4.69, 9.17) is 0 Å². The van der Waals surface area contributed by atoms with Crippen LogP contribution in [0.4, 0.5) is 5.69 Å². The molecule has 0 aliphatic carbocycles. The maximum Gasteiger partial charge on any atom is 0.339 e. The van der Waals surface area contributed by atoms with Gasteiger partial charge in [0.05, 0.1) is 10.6 Å². The lowest BCUT2D eigenvalue weighted by molar-refractivity contribution is 0.0699. The Morgan fingerprint density at radius 2 is 1.68 bits per heavy atom. The second-order valence-electron chi connectivity index (χ2n) is 5.79. The van der Waals surface area contributed by atoms with Crippen LogP contribution in [-0.2, 0) is 0 Å². The Morgan fingerprint density at radius 3 is 2.32 bits per heavy atom. The number of hydrogen-bond acceptors (Lipinski definition) is 3. The zero-order valence-electron chi connectivity index (χ0n) is 13.9. The van der Waals surface area contributed by atoms with E-state index in [1.165, 1.54) is 11.3 Å². The molecule has 3 rings (SSSR count). The number of carboxylic acids is 1. The number of carbonyl (C=O) groups excluding carboxylic acids is 1. The van der Waals surface area contributed by atoms with Crippen LogP contribution >= 0.6 is 11.3 Å². The number of rotatable bonds is 4. The molecule has 0 fully saturated rings. The van der Waals surface area contributed by atoms with Gasteiger partial charge in [0.15, 0.2) is 0 Å². The SMILES string of the molecule is Cc1ccc(-c2scc(NC(=O)c3ccccc3C)c2C(=O)O)cc1. The minimum absolute atomic E-state index is 0.121. The Hall–Kier alpha value is -2.92. The topological polar surface area (TPSA) is 66.4 Å². The molecule has 0 aliphatic heterocycles. The van der Waals surface area contributed by atoms with Crippen LogP contribution in [-0.4, -0.2) is 17.0 Å². The Bertz CT molecular complexity index is 942. The van der Waals surface area contributed by atoms with Gasteiger partial charge in [-0.15, -0.1) is 11.3 Å². The summed E-state index contributed by atoms with van der Waals surface area (Å²) in [5.41, 5.74) is 3.74. The highest BCUT2D eigenvalue weighted by atomic mass is 32.1. The summed E-state index contributed by atoms with van der Waals surface area (Å²) in [5.74, 6) is -1.37. The molecule has 0 atom stereocenters. The van der Waals surface area contributed by atoms with Crippen LogP contribution in [0, 0.1) is 13.8 Å². The number of aromatic carboxylic acids is 1. The van der Waals surface area contributed by atoms with Crippen LogP contribution in [0.25, 0.3) is 10.4 Å². The van der Waals surface area contributed by atoms with Gasteiger partial charge in [-0.25, -0.2) is 4.79 Å². The van der Waals surface area contributed by atoms with Crippen molar-refractivity contribution in [3.05, 3.63) is 76.2 Å². The minimum Gasteiger partial charge on any atom is -0.478 e. The highest BCUT2D eigenvalue weighted by Crippen LogP contribution is 2.36. The molecule has 4 nitrogen and oxygen atoms in total. The third-order valence-corrected chi connectivity index (χ3v) is 4.99. The Balaban J connectivity index is 1.98. The molecule has 0 unspecified atom stereocenters. The molecule has 0 saturated heterocycles. The Morgan fingerprint density at radius 1 is 1.00 bits per heavy atom. The zero-order valence-corrected chi connectivity index (χ0v) is 14.7. The lowest BCUT2D eigenvalue weighted by Gasteiger charge is -2.08. The van der Waals surface area contributed by atoms with Crippen LogP contribution in [0.2, 0.25) is 0 Å². The normalized spacial score (nSPS) is 10.5. The van der Waals surface area contributed by atoms with Gasteiger partial charge in [0.2, 0.25) is 0 Å². The molecule has 2 N–H and O–H groups in total. The molecule has 1 heterocycles. The minimum atomic E-state index is -1.06. The highest BCUT2D eigenvalue weighted by Gasteiger charge is 2.21. The summed E-state index contributed by atoms with van der Waals surface area (Å²) in [7, 11) is 0. The smallest absolute Gasteiger partial charge is 0.339 e. The molecule has 126 valence electrons. The second kappa shape index (κ2) is 6.91. The van der Waals surface area contributed by atoms with E-state index in [2.05, 4.69) is 5.32 Å². The largest absolute Gasteiger partial charge is 0.478 e. The van der Waals surface area contributed by atoms with Crippen molar-refractivity contribution in [3.63, 3.8) is 0 Å². The maximum absolute atomic E-state index is 12.5. The fraction of sp³-hybridized carbons (Fsp3) is 0.100. The Kier molecular flexibility index (Phi) is 4.67. The molecule has 0 saturated carbocycles. The third kappa shape index (κ3) is 3.46. The van der Waals surface area contributed by atoms with Crippen molar-refractivity contribution in [1.82, 2.24) is 0 Å². The van der Waals surface area contributed by atoms with Crippen molar-refractivity contribution in [3.8, 4) is 10.4 Å². The molecule has 0 spiro atoms. The number of aryl methyl sites for hydroxylation is 2. The predicted octanol–water partition coefficient (Wildman–Crippen LogP) is 4.98. The molecule has 2 aromatic carbocycles. The van der Waals surface area contributed by atoms with Crippen LogP contribution in [0.5, 0.6) is 0 Å². The van der Waals surface area contributed by atoms with Gasteiger partial charge in [0.25, 0.3) is 5.91 Å². The first-order valence-corrected chi connectivity index (χ1v) is 8.64. The summed E-state index contributed by atoms with van der Waals surface area (Å²) in [6, 6.07) is 14.9. The number of thiophene rings is 1. The number of carboxylic acid groups (broad SMARTS) is 1. The number of nitrogens with one attached hydrogen (secondary N) is 1. The fourth-order valence-corrected chi connectivity index (χ4v) is 3.60. The van der Waals surface area contributed by atoms with Crippen LogP contribution in [0.3, 0.4) is 0 Å². The van der Waals surface area contributed by atoms with Crippen molar-refractivity contribution >= 4 is 28.9 Å². The number of hydrogen-bond donors (Lipinski definition) is 2. The molecule has 5 heteroatoms. The van der Waals surface area contributed by atoms with E-state index in [-0.39, 0.29) is 11.5 Å². The fourth-order valence-electron chi connectivity index (χ4n) is 2.60. The number of anilines is 1. The van der Waals surface area contributed by atoms with Crippen molar-refractivity contribution < 1.29 is 14.7 Å². The summed E-state index contributed by atoms with van der Waals surface area (Å²) < 4.78 is 0. The van der Waals surface area contributed by atoms with E-state index in [9.17, 15) is 14.7 Å². The standard InChI is InChI=1S/C20H17NO3S/c1-12-7-9-14(10-8-12)18-17(20(23)24)16(11-25-18)21-19(22)15-6-4-3-5-13(15)2/h3-11H,1-2H3,(H,21,22)(H,23,24). The van der Waals surface area contributed by atoms with Gasteiger partial charge in [-0.2, -0.15) is 0 Å². The first-order chi connectivity index (χ1) is 12.0. The van der Waals surface area contributed by atoms with E-state index >= 15 is 0 Å². The summed E-state index contributed by atoms with van der Waals surface area (Å²) in [5, 5.41) is 14.1. The van der Waals surface area contributed by atoms with Gasteiger partial charge in [-0.05, 0) is 31.0 Å². The second-order valence-corrected chi connectivity index (χ2v) is 6.67. The Labute approximate surface area is 149 Å². The van der Waals surface area contributed by atoms with E-state index in [0.717, 1.165) is 16.7 Å². The number of carbonyl (C=O) groups is 2. The summed E-state index contributed by atoms with van der Waals surface area (Å²) >= 11 is 1.31. The third-order valence-electron chi connectivity index (χ3n) is 3.96. The monoisotopic (exact) mass is 351 g/mol. The maximum atomic E-state index is 12.5. The van der Waals surface area contributed by atoms with Crippen LogP contribution in [0.15, 0.2) is 53.9 Å². The molecule has 1 aromatic heterocycles. The van der Waals surface area contributed by atoms with E-state index in [0.29, 0.717) is 16.1 Å². The van der Waals surface area contributed by atoms with E-state index in [1.807, 2.05) is 50.2 Å². The number of benzene rings is 2. The van der Waals surface area contributed by atoms with Crippen LogP contribution < -0.4 is 5.32 Å². The van der Waals surface area contributed by atoms with Gasteiger partial charge in [-0.1, -0.05) is 48.0 Å². The van der Waals surface area contributed by atoms with Crippen molar-refractivity contribution in [2.45, 2.75) is 13.8 Å². The van der Waals surface area contributed by atoms with Gasteiger partial charge in [-0.3, -0.25) is 4.79 Å². The lowest BCUT2D eigenvalue weighted by atomic mass is 10.1. The molecular weight excluding hydrogens is 334 g/mol. The summed E-state index contributed by atoms with van der Waals surface area (Å²) in [6.07, 6.45) is 0. The quantitative estimate of drug-likeness (QED) is 0.696. The van der Waals surface area contributed by atoms with E-state index < -0.39 is 5.97 Å². The van der Waals surface area contributed by atoms with Gasteiger partial charge in [0, 0.05) is 10.9 Å². The van der Waals surface area contributed by atoms with E-state index in [1.54, 1.807) is 17.5 Å². The van der Waals surface area contributed by atoms with Crippen molar-refractivity contribution in [2.75, 3.05) is 5.32 Å². The van der Waals surface area contributed by atoms with Gasteiger partial charge < -0.3 is 10.4 Å². The average Bonchev–Trinajstić information content (AvgIpc) is 2.99. The molecular formula is C20H17NO3S. The average molecular weight is 351 g/mol. The molecule has 25 heavy (non-hydrogen) atoms. The highest BCUT2D eigenvalue weighted by molar-refractivity contribution is 7.14. The molecule has 0 bridgehead atoms. The molecule has 1 amide bonds. The van der Waals surface area contributed by atoms with Gasteiger partial charge >= 0.3 is 5.97 Å². The molecule has 3 aromatic rings. The molecule has 0 radical (unpaired) electrons. The number of amides is 1. The van der Waals surface area contributed by atoms with Gasteiger partial charge in [0.1, 0.15) is 5.56 Å². The summed E-state index contributed by atoms with van der Waals surface area (Å²) in [4.78, 5) is 24.9. The van der Waals surface area contributed by atoms with Crippen molar-refractivity contribution in [1.29, 1.82) is 0 Å². The first kappa shape index (κ1) is 16.9.